The van der Waals surface area contributed by atoms with Gasteiger partial charge in [-0.25, -0.2) is 0 Å². The second kappa shape index (κ2) is 5.68. The van der Waals surface area contributed by atoms with Gasteiger partial charge in [0.1, 0.15) is 0 Å². The molecule has 2 aromatic rings. The first-order valence-electron chi connectivity index (χ1n) is 7.39. The van der Waals surface area contributed by atoms with Crippen molar-refractivity contribution < 1.29 is 0 Å². The van der Waals surface area contributed by atoms with E-state index in [0.717, 1.165) is 25.9 Å². The molecule has 3 rings (SSSR count). The summed E-state index contributed by atoms with van der Waals surface area (Å²) < 4.78 is 0. The molecule has 0 spiro atoms. The second-order valence-corrected chi connectivity index (χ2v) is 5.76. The Morgan fingerprint density at radius 2 is 1.90 bits per heavy atom. The van der Waals surface area contributed by atoms with Gasteiger partial charge in [0.25, 0.3) is 0 Å². The van der Waals surface area contributed by atoms with Crippen molar-refractivity contribution in [3.8, 4) is 0 Å². The lowest BCUT2D eigenvalue weighted by Crippen LogP contribution is -2.23. The fraction of sp³-hybridized carbons (Fsp3) is 0.333. The average Bonchev–Trinajstić information content (AvgIpc) is 2.84. The monoisotopic (exact) mass is 266 g/mol. The van der Waals surface area contributed by atoms with Crippen LogP contribution >= 0.6 is 0 Å². The minimum atomic E-state index is 0.209. The molecule has 0 radical (unpaired) electrons. The van der Waals surface area contributed by atoms with E-state index < -0.39 is 0 Å². The van der Waals surface area contributed by atoms with E-state index in [0.29, 0.717) is 0 Å². The van der Waals surface area contributed by atoms with Gasteiger partial charge >= 0.3 is 0 Å². The van der Waals surface area contributed by atoms with E-state index in [9.17, 15) is 0 Å². The van der Waals surface area contributed by atoms with E-state index >= 15 is 0 Å². The molecule has 0 saturated heterocycles. The number of benzene rings is 2. The molecule has 1 aliphatic heterocycles. The van der Waals surface area contributed by atoms with Crippen LogP contribution in [0.2, 0.25) is 0 Å². The SMILES string of the molecule is CC(N)Cc1cccc2c1N(Cc1ccccc1)CC2. The summed E-state index contributed by atoms with van der Waals surface area (Å²) in [7, 11) is 0. The van der Waals surface area contributed by atoms with E-state index in [4.69, 9.17) is 5.73 Å². The number of hydrogen-bond acceptors (Lipinski definition) is 2. The first-order chi connectivity index (χ1) is 9.74. The maximum atomic E-state index is 6.00. The van der Waals surface area contributed by atoms with E-state index in [-0.39, 0.29) is 6.04 Å². The zero-order valence-electron chi connectivity index (χ0n) is 12.0. The summed E-state index contributed by atoms with van der Waals surface area (Å²) in [6.45, 7) is 4.18. The summed E-state index contributed by atoms with van der Waals surface area (Å²) in [5.74, 6) is 0. The highest BCUT2D eigenvalue weighted by atomic mass is 15.1. The van der Waals surface area contributed by atoms with E-state index in [1.54, 1.807) is 0 Å². The molecule has 2 nitrogen and oxygen atoms in total. The van der Waals surface area contributed by atoms with Gasteiger partial charge in [0, 0.05) is 24.8 Å². The Morgan fingerprint density at radius 3 is 2.65 bits per heavy atom. The molecule has 1 atom stereocenters. The van der Waals surface area contributed by atoms with Crippen LogP contribution in [0.15, 0.2) is 48.5 Å². The number of anilines is 1. The van der Waals surface area contributed by atoms with Crippen LogP contribution in [-0.2, 0) is 19.4 Å². The van der Waals surface area contributed by atoms with Crippen LogP contribution in [0.25, 0.3) is 0 Å². The maximum Gasteiger partial charge on any atom is 0.0435 e. The van der Waals surface area contributed by atoms with Gasteiger partial charge in [0.2, 0.25) is 0 Å². The Kier molecular flexibility index (Phi) is 3.75. The molecule has 2 heteroatoms. The highest BCUT2D eigenvalue weighted by Gasteiger charge is 2.22. The first kappa shape index (κ1) is 13.2. The van der Waals surface area contributed by atoms with Crippen LogP contribution in [0.5, 0.6) is 0 Å². The third kappa shape index (κ3) is 2.70. The lowest BCUT2D eigenvalue weighted by Gasteiger charge is -2.23. The number of para-hydroxylation sites is 1. The Morgan fingerprint density at radius 1 is 1.10 bits per heavy atom. The number of hydrogen-bond donors (Lipinski definition) is 1. The van der Waals surface area contributed by atoms with Crippen LogP contribution in [0.4, 0.5) is 5.69 Å². The molecular weight excluding hydrogens is 244 g/mol. The summed E-state index contributed by atoms with van der Waals surface area (Å²) >= 11 is 0. The molecule has 2 aromatic carbocycles. The molecule has 104 valence electrons. The van der Waals surface area contributed by atoms with Gasteiger partial charge in [-0.3, -0.25) is 0 Å². The van der Waals surface area contributed by atoms with E-state index in [1.165, 1.54) is 22.4 Å². The Hall–Kier alpha value is -1.80. The van der Waals surface area contributed by atoms with Crippen molar-refractivity contribution in [2.45, 2.75) is 32.4 Å². The summed E-state index contributed by atoms with van der Waals surface area (Å²) in [5, 5.41) is 0. The van der Waals surface area contributed by atoms with Crippen molar-refractivity contribution in [3.05, 3.63) is 65.2 Å². The van der Waals surface area contributed by atoms with Crippen LogP contribution in [0.1, 0.15) is 23.6 Å². The molecule has 20 heavy (non-hydrogen) atoms. The van der Waals surface area contributed by atoms with Crippen molar-refractivity contribution >= 4 is 5.69 Å². The largest absolute Gasteiger partial charge is 0.366 e. The molecule has 0 amide bonds. The van der Waals surface area contributed by atoms with E-state index in [1.807, 2.05) is 0 Å². The minimum Gasteiger partial charge on any atom is -0.366 e. The molecule has 0 aromatic heterocycles. The number of nitrogens with two attached hydrogens (primary N) is 1. The standard InChI is InChI=1S/C18H22N2/c1-14(19)12-17-9-5-8-16-10-11-20(18(16)17)13-15-6-3-2-4-7-15/h2-9,14H,10-13,19H2,1H3. The maximum absolute atomic E-state index is 6.00. The normalized spacial score (nSPS) is 15.2. The summed E-state index contributed by atoms with van der Waals surface area (Å²) in [6.07, 6.45) is 2.10. The lowest BCUT2D eigenvalue weighted by atomic mass is 10.0. The molecule has 0 saturated carbocycles. The topological polar surface area (TPSA) is 29.3 Å². The van der Waals surface area contributed by atoms with Crippen molar-refractivity contribution in [2.75, 3.05) is 11.4 Å². The quantitative estimate of drug-likeness (QED) is 0.921. The highest BCUT2D eigenvalue weighted by Crippen LogP contribution is 2.33. The lowest BCUT2D eigenvalue weighted by molar-refractivity contribution is 0.733. The molecule has 1 unspecified atom stereocenters. The Balaban J connectivity index is 1.88. The van der Waals surface area contributed by atoms with E-state index in [2.05, 4.69) is 60.4 Å². The molecule has 2 N–H and O–H groups in total. The molecule has 1 aliphatic rings. The Bertz CT molecular complexity index is 575. The molecule has 0 aliphatic carbocycles. The molecule has 1 heterocycles. The smallest absolute Gasteiger partial charge is 0.0435 e. The second-order valence-electron chi connectivity index (χ2n) is 5.76. The van der Waals surface area contributed by atoms with Crippen molar-refractivity contribution in [2.24, 2.45) is 5.73 Å². The van der Waals surface area contributed by atoms with Crippen LogP contribution in [0.3, 0.4) is 0 Å². The van der Waals surface area contributed by atoms with Gasteiger partial charge in [0.05, 0.1) is 0 Å². The van der Waals surface area contributed by atoms with Gasteiger partial charge in [-0.05, 0) is 36.5 Å². The third-order valence-corrected chi connectivity index (χ3v) is 3.93. The predicted molar refractivity (Wildman–Crippen MR) is 85.0 cm³/mol. The van der Waals surface area contributed by atoms with Gasteiger partial charge in [0.15, 0.2) is 0 Å². The highest BCUT2D eigenvalue weighted by molar-refractivity contribution is 5.63. The van der Waals surface area contributed by atoms with Crippen LogP contribution in [-0.4, -0.2) is 12.6 Å². The Labute approximate surface area is 121 Å². The summed E-state index contributed by atoms with van der Waals surface area (Å²) in [4.78, 5) is 2.50. The predicted octanol–water partition coefficient (Wildman–Crippen LogP) is 3.14. The van der Waals surface area contributed by atoms with Gasteiger partial charge < -0.3 is 10.6 Å². The first-order valence-corrected chi connectivity index (χ1v) is 7.39. The van der Waals surface area contributed by atoms with Crippen molar-refractivity contribution in [1.82, 2.24) is 0 Å². The number of nitrogens with zero attached hydrogens (tertiary/aromatic N) is 1. The van der Waals surface area contributed by atoms with Crippen molar-refractivity contribution in [1.29, 1.82) is 0 Å². The number of rotatable bonds is 4. The third-order valence-electron chi connectivity index (χ3n) is 3.93. The van der Waals surface area contributed by atoms with Crippen LogP contribution < -0.4 is 10.6 Å². The molecule has 0 bridgehead atoms. The molecular formula is C18H22N2. The summed E-state index contributed by atoms with van der Waals surface area (Å²) in [6, 6.07) is 17.6. The fourth-order valence-corrected chi connectivity index (χ4v) is 3.09. The average molecular weight is 266 g/mol. The summed E-state index contributed by atoms with van der Waals surface area (Å²) in [5.41, 5.74) is 11.7. The number of fused-ring (bicyclic) bond motifs is 1. The zero-order chi connectivity index (χ0) is 13.9. The fourth-order valence-electron chi connectivity index (χ4n) is 3.09. The van der Waals surface area contributed by atoms with Gasteiger partial charge in [-0.2, -0.15) is 0 Å². The van der Waals surface area contributed by atoms with Crippen LogP contribution in [0, 0.1) is 0 Å². The zero-order valence-corrected chi connectivity index (χ0v) is 12.0. The van der Waals surface area contributed by atoms with Gasteiger partial charge in [-0.15, -0.1) is 0 Å². The van der Waals surface area contributed by atoms with Crippen molar-refractivity contribution in [3.63, 3.8) is 0 Å². The molecule has 0 fully saturated rings. The minimum absolute atomic E-state index is 0.209. The van der Waals surface area contributed by atoms with Gasteiger partial charge in [-0.1, -0.05) is 48.5 Å².